The van der Waals surface area contributed by atoms with E-state index >= 15 is 0 Å². The highest BCUT2D eigenvalue weighted by Crippen LogP contribution is 2.10. The second-order valence-corrected chi connectivity index (χ2v) is 5.51. The predicted molar refractivity (Wildman–Crippen MR) is 96.1 cm³/mol. The zero-order chi connectivity index (χ0) is 15.2. The summed E-state index contributed by atoms with van der Waals surface area (Å²) in [6, 6.07) is 3.37. The molecule has 128 valence electrons. The molecule has 3 N–H and O–H groups in total. The van der Waals surface area contributed by atoms with E-state index in [1.54, 1.807) is 29.5 Å². The molecule has 0 unspecified atom stereocenters. The van der Waals surface area contributed by atoms with Gasteiger partial charge in [0.1, 0.15) is 0 Å². The Balaban J connectivity index is 0.00000242. The first kappa shape index (κ1) is 21.4. The van der Waals surface area contributed by atoms with Crippen molar-refractivity contribution in [3.05, 3.63) is 42.5 Å². The molecule has 0 bridgehead atoms. The minimum Gasteiger partial charge on any atom is -0.322 e. The van der Waals surface area contributed by atoms with E-state index in [4.69, 9.17) is 5.73 Å². The maximum Gasteiger partial charge on any atom is 0.241 e. The van der Waals surface area contributed by atoms with Crippen molar-refractivity contribution in [1.29, 1.82) is 0 Å². The van der Waals surface area contributed by atoms with Gasteiger partial charge in [-0.15, -0.1) is 24.8 Å². The van der Waals surface area contributed by atoms with Gasteiger partial charge in [0.25, 0.3) is 0 Å². The maximum atomic E-state index is 11.9. The van der Waals surface area contributed by atoms with Crippen LogP contribution in [0.15, 0.2) is 36.9 Å². The summed E-state index contributed by atoms with van der Waals surface area (Å²) in [6.07, 6.45) is 7.57. The molecule has 0 aliphatic carbocycles. The largest absolute Gasteiger partial charge is 0.322 e. The second-order valence-electron chi connectivity index (χ2n) is 5.51. The fourth-order valence-corrected chi connectivity index (χ4v) is 2.04. The van der Waals surface area contributed by atoms with Gasteiger partial charge in [0, 0.05) is 18.6 Å². The lowest BCUT2D eigenvalue weighted by atomic mass is 10.0. The topological polar surface area (TPSA) is 85.8 Å². The van der Waals surface area contributed by atoms with E-state index in [9.17, 15) is 4.79 Å². The van der Waals surface area contributed by atoms with Crippen molar-refractivity contribution in [2.45, 2.75) is 32.9 Å². The van der Waals surface area contributed by atoms with Gasteiger partial charge in [-0.3, -0.25) is 14.5 Å². The average Bonchev–Trinajstić information content (AvgIpc) is 2.86. The summed E-state index contributed by atoms with van der Waals surface area (Å²) in [5, 5.41) is 7.02. The lowest BCUT2D eigenvalue weighted by molar-refractivity contribution is -0.117. The minimum absolute atomic E-state index is 0. The van der Waals surface area contributed by atoms with Crippen LogP contribution in [0.1, 0.15) is 25.8 Å². The lowest BCUT2D eigenvalue weighted by Gasteiger charge is -2.13. The first-order chi connectivity index (χ1) is 10.0. The standard InChI is InChI=1S/C15H21N5O.2ClH/c1-11(2)7-14(16)15(21)19-13-8-18-20(10-13)9-12-3-5-17-6-4-12;;/h3-6,8,10-11,14H,7,9,16H2,1-2H3,(H,19,21);2*1H/t14-;;/m0../s1. The van der Waals surface area contributed by atoms with Crippen LogP contribution in [-0.2, 0) is 11.3 Å². The Labute approximate surface area is 148 Å². The summed E-state index contributed by atoms with van der Waals surface area (Å²) in [5.41, 5.74) is 7.61. The molecule has 0 aromatic carbocycles. The second kappa shape index (κ2) is 10.2. The number of hydrogen-bond donors (Lipinski definition) is 2. The van der Waals surface area contributed by atoms with E-state index in [-0.39, 0.29) is 30.7 Å². The minimum atomic E-state index is -0.492. The van der Waals surface area contributed by atoms with E-state index in [2.05, 4.69) is 15.4 Å². The summed E-state index contributed by atoms with van der Waals surface area (Å²) in [4.78, 5) is 15.9. The SMILES string of the molecule is CC(C)C[C@H](N)C(=O)Nc1cnn(Cc2ccncc2)c1.Cl.Cl. The first-order valence-corrected chi connectivity index (χ1v) is 7.02. The van der Waals surface area contributed by atoms with Gasteiger partial charge in [-0.2, -0.15) is 5.10 Å². The van der Waals surface area contributed by atoms with Crippen LogP contribution < -0.4 is 11.1 Å². The van der Waals surface area contributed by atoms with Crippen molar-refractivity contribution >= 4 is 36.4 Å². The number of aromatic nitrogens is 3. The molecule has 2 aromatic heterocycles. The Morgan fingerprint density at radius 1 is 1.30 bits per heavy atom. The van der Waals surface area contributed by atoms with Crippen molar-refractivity contribution in [3.63, 3.8) is 0 Å². The van der Waals surface area contributed by atoms with Crippen molar-refractivity contribution in [3.8, 4) is 0 Å². The molecule has 0 fully saturated rings. The average molecular weight is 360 g/mol. The zero-order valence-electron chi connectivity index (χ0n) is 13.2. The van der Waals surface area contributed by atoms with Crippen LogP contribution in [-0.4, -0.2) is 26.7 Å². The molecular weight excluding hydrogens is 337 g/mol. The summed E-state index contributed by atoms with van der Waals surface area (Å²) in [6.45, 7) is 4.72. The third-order valence-corrected chi connectivity index (χ3v) is 3.06. The van der Waals surface area contributed by atoms with Gasteiger partial charge in [0.05, 0.1) is 24.5 Å². The van der Waals surface area contributed by atoms with E-state index in [0.717, 1.165) is 5.56 Å². The molecule has 6 nitrogen and oxygen atoms in total. The summed E-state index contributed by atoms with van der Waals surface area (Å²) < 4.78 is 1.76. The number of nitrogens with one attached hydrogen (secondary N) is 1. The molecule has 0 saturated carbocycles. The Hall–Kier alpha value is -1.63. The fourth-order valence-electron chi connectivity index (χ4n) is 2.04. The number of pyridine rings is 1. The number of carbonyl (C=O) groups excluding carboxylic acids is 1. The zero-order valence-corrected chi connectivity index (χ0v) is 14.8. The Morgan fingerprint density at radius 2 is 1.96 bits per heavy atom. The Bertz CT molecular complexity index is 589. The van der Waals surface area contributed by atoms with Crippen LogP contribution in [0.2, 0.25) is 0 Å². The predicted octanol–water partition coefficient (Wildman–Crippen LogP) is 2.48. The van der Waals surface area contributed by atoms with Gasteiger partial charge in [0.2, 0.25) is 5.91 Å². The van der Waals surface area contributed by atoms with E-state index in [0.29, 0.717) is 24.6 Å². The number of nitrogens with two attached hydrogens (primary N) is 1. The lowest BCUT2D eigenvalue weighted by Crippen LogP contribution is -2.36. The van der Waals surface area contributed by atoms with E-state index in [1.165, 1.54) is 0 Å². The molecule has 0 aliphatic heterocycles. The number of rotatable bonds is 6. The molecule has 8 heteroatoms. The highest BCUT2D eigenvalue weighted by molar-refractivity contribution is 5.94. The summed E-state index contributed by atoms with van der Waals surface area (Å²) in [7, 11) is 0. The summed E-state index contributed by atoms with van der Waals surface area (Å²) >= 11 is 0. The van der Waals surface area contributed by atoms with Gasteiger partial charge in [-0.05, 0) is 30.0 Å². The van der Waals surface area contributed by atoms with E-state index in [1.807, 2.05) is 26.0 Å². The third kappa shape index (κ3) is 6.99. The van der Waals surface area contributed by atoms with Crippen molar-refractivity contribution in [2.75, 3.05) is 5.32 Å². The van der Waals surface area contributed by atoms with E-state index < -0.39 is 6.04 Å². The van der Waals surface area contributed by atoms with Gasteiger partial charge in [-0.25, -0.2) is 0 Å². The molecule has 2 heterocycles. The normalized spacial score (nSPS) is 11.3. The van der Waals surface area contributed by atoms with Crippen LogP contribution in [0.4, 0.5) is 5.69 Å². The maximum absolute atomic E-state index is 11.9. The quantitative estimate of drug-likeness (QED) is 0.829. The molecule has 2 rings (SSSR count). The third-order valence-electron chi connectivity index (χ3n) is 3.06. The van der Waals surface area contributed by atoms with Crippen LogP contribution in [0.3, 0.4) is 0 Å². The van der Waals surface area contributed by atoms with Crippen molar-refractivity contribution < 1.29 is 4.79 Å². The monoisotopic (exact) mass is 359 g/mol. The van der Waals surface area contributed by atoms with Crippen LogP contribution in [0.25, 0.3) is 0 Å². The molecule has 0 radical (unpaired) electrons. The Kier molecular flexibility index (Phi) is 9.48. The van der Waals surface area contributed by atoms with Crippen molar-refractivity contribution in [2.24, 2.45) is 11.7 Å². The molecule has 1 amide bonds. The molecule has 0 aliphatic rings. The number of amides is 1. The number of hydrogen-bond acceptors (Lipinski definition) is 4. The molecule has 0 saturated heterocycles. The van der Waals surface area contributed by atoms with Crippen LogP contribution in [0, 0.1) is 5.92 Å². The molecular formula is C15H23Cl2N5O. The number of anilines is 1. The van der Waals surface area contributed by atoms with Gasteiger partial charge >= 0.3 is 0 Å². The molecule has 2 aromatic rings. The van der Waals surface area contributed by atoms with Gasteiger partial charge < -0.3 is 11.1 Å². The fraction of sp³-hybridized carbons (Fsp3) is 0.400. The van der Waals surface area contributed by atoms with Crippen LogP contribution >= 0.6 is 24.8 Å². The number of halogens is 2. The summed E-state index contributed by atoms with van der Waals surface area (Å²) in [5.74, 6) is 0.215. The van der Waals surface area contributed by atoms with Gasteiger partial charge in [-0.1, -0.05) is 13.8 Å². The smallest absolute Gasteiger partial charge is 0.241 e. The highest BCUT2D eigenvalue weighted by Gasteiger charge is 2.15. The number of carbonyl (C=O) groups is 1. The highest BCUT2D eigenvalue weighted by atomic mass is 35.5. The number of nitrogens with zero attached hydrogens (tertiary/aromatic N) is 3. The molecule has 23 heavy (non-hydrogen) atoms. The van der Waals surface area contributed by atoms with Crippen LogP contribution in [0.5, 0.6) is 0 Å². The van der Waals surface area contributed by atoms with Crippen molar-refractivity contribution in [1.82, 2.24) is 14.8 Å². The molecule has 0 spiro atoms. The Morgan fingerprint density at radius 3 is 2.57 bits per heavy atom. The molecule has 1 atom stereocenters. The van der Waals surface area contributed by atoms with Gasteiger partial charge in [0.15, 0.2) is 0 Å². The first-order valence-electron chi connectivity index (χ1n) is 7.02.